The summed E-state index contributed by atoms with van der Waals surface area (Å²) in [5.74, 6) is 1.42. The van der Waals surface area contributed by atoms with Gasteiger partial charge in [0.15, 0.2) is 0 Å². The van der Waals surface area contributed by atoms with Gasteiger partial charge in [-0.2, -0.15) is 0 Å². The van der Waals surface area contributed by atoms with Crippen LogP contribution in [0.2, 0.25) is 0 Å². The molecule has 164 valence electrons. The summed E-state index contributed by atoms with van der Waals surface area (Å²) in [7, 11) is 3.97. The summed E-state index contributed by atoms with van der Waals surface area (Å²) in [5.41, 5.74) is 5.02. The largest absolute Gasteiger partial charge is 0.385 e. The molecule has 0 bridgehead atoms. The van der Waals surface area contributed by atoms with Crippen molar-refractivity contribution in [1.82, 2.24) is 9.80 Å². The molecule has 2 fully saturated rings. The van der Waals surface area contributed by atoms with E-state index in [9.17, 15) is 4.39 Å². The third-order valence-corrected chi connectivity index (χ3v) is 6.75. The van der Waals surface area contributed by atoms with Gasteiger partial charge in [-0.05, 0) is 74.5 Å². The lowest BCUT2D eigenvalue weighted by Gasteiger charge is -2.41. The number of methoxy groups -OCH3 is 1. The van der Waals surface area contributed by atoms with E-state index in [0.29, 0.717) is 12.0 Å². The Labute approximate surface area is 183 Å². The Balaban J connectivity index is 1.52. The molecule has 1 saturated heterocycles. The van der Waals surface area contributed by atoms with Crippen molar-refractivity contribution in [3.63, 3.8) is 0 Å². The average molecular weight is 423 g/mol. The van der Waals surface area contributed by atoms with Crippen LogP contribution in [0.3, 0.4) is 0 Å². The van der Waals surface area contributed by atoms with Crippen molar-refractivity contribution in [2.45, 2.75) is 37.6 Å². The van der Waals surface area contributed by atoms with Crippen LogP contribution in [0, 0.1) is 5.82 Å². The second-order valence-corrected chi connectivity index (χ2v) is 9.02. The Morgan fingerprint density at radius 3 is 2.81 bits per heavy atom. The summed E-state index contributed by atoms with van der Waals surface area (Å²) in [5, 5.41) is 3.45. The standard InChI is InChI=1S/C25H31FN4O/c1-29-11-12-30(16-20(29)4-3-13-31-2)25-21-14-18(17-5-6-17)7-9-22(21)27-24-15-19(26)8-10-23(24)28-25/h7-10,14-15,17,20,27H,3-6,11-13,16H2,1-2H3/t20-/m0/s1. The van der Waals surface area contributed by atoms with Crippen LogP contribution in [-0.2, 0) is 4.74 Å². The van der Waals surface area contributed by atoms with Gasteiger partial charge in [-0.25, -0.2) is 9.38 Å². The van der Waals surface area contributed by atoms with Crippen molar-refractivity contribution < 1.29 is 9.13 Å². The van der Waals surface area contributed by atoms with E-state index in [1.54, 1.807) is 13.2 Å². The second-order valence-electron chi connectivity index (χ2n) is 9.02. The van der Waals surface area contributed by atoms with Gasteiger partial charge in [0.2, 0.25) is 0 Å². The SMILES string of the molecule is COCCC[C@H]1CN(C2=Nc3ccc(F)cc3Nc3ccc(C4CC4)cc32)CCN1C. The first-order valence-corrected chi connectivity index (χ1v) is 11.4. The lowest BCUT2D eigenvalue weighted by molar-refractivity contribution is 0.119. The van der Waals surface area contributed by atoms with Crippen molar-refractivity contribution in [3.05, 3.63) is 53.3 Å². The summed E-state index contributed by atoms with van der Waals surface area (Å²) in [4.78, 5) is 9.97. The number of rotatable bonds is 5. The number of hydrogen-bond donors (Lipinski definition) is 1. The quantitative estimate of drug-likeness (QED) is 0.697. The van der Waals surface area contributed by atoms with Gasteiger partial charge in [0.05, 0.1) is 11.4 Å². The fourth-order valence-corrected chi connectivity index (χ4v) is 4.71. The monoisotopic (exact) mass is 422 g/mol. The van der Waals surface area contributed by atoms with Gasteiger partial charge >= 0.3 is 0 Å². The molecule has 5 nitrogen and oxygen atoms in total. The van der Waals surface area contributed by atoms with E-state index in [2.05, 4.69) is 40.4 Å². The molecule has 0 aromatic heterocycles. The molecule has 1 atom stereocenters. The van der Waals surface area contributed by atoms with Gasteiger partial charge in [0.1, 0.15) is 11.7 Å². The van der Waals surface area contributed by atoms with Crippen molar-refractivity contribution >= 4 is 22.9 Å². The predicted octanol–water partition coefficient (Wildman–Crippen LogP) is 4.88. The fourth-order valence-electron chi connectivity index (χ4n) is 4.71. The molecule has 0 amide bonds. The molecule has 2 aromatic rings. The molecule has 0 unspecified atom stereocenters. The molecule has 2 aliphatic heterocycles. The van der Waals surface area contributed by atoms with Crippen molar-refractivity contribution in [3.8, 4) is 0 Å². The van der Waals surface area contributed by atoms with Crippen molar-refractivity contribution in [1.29, 1.82) is 0 Å². The molecule has 1 aliphatic carbocycles. The Morgan fingerprint density at radius 2 is 2.00 bits per heavy atom. The maximum atomic E-state index is 14.0. The highest BCUT2D eigenvalue weighted by molar-refractivity contribution is 6.08. The number of fused-ring (bicyclic) bond motifs is 2. The fraction of sp³-hybridized carbons (Fsp3) is 0.480. The minimum atomic E-state index is -0.251. The van der Waals surface area contributed by atoms with Gasteiger partial charge in [0, 0.05) is 50.6 Å². The molecular formula is C25H31FN4O. The number of amidine groups is 1. The molecular weight excluding hydrogens is 391 g/mol. The number of likely N-dealkylation sites (N-methyl/N-ethyl adjacent to an activating group) is 1. The Hall–Kier alpha value is -2.44. The van der Waals surface area contributed by atoms with Crippen LogP contribution >= 0.6 is 0 Å². The first kappa shape index (κ1) is 20.5. The van der Waals surface area contributed by atoms with Gasteiger partial charge in [-0.15, -0.1) is 0 Å². The number of ether oxygens (including phenoxy) is 1. The third kappa shape index (κ3) is 4.32. The van der Waals surface area contributed by atoms with E-state index < -0.39 is 0 Å². The number of aliphatic imine (C=N–C) groups is 1. The lowest BCUT2D eigenvalue weighted by atomic mass is 10.0. The summed E-state index contributed by atoms with van der Waals surface area (Å²) in [6, 6.07) is 11.9. The molecule has 0 radical (unpaired) electrons. The highest BCUT2D eigenvalue weighted by Gasteiger charge is 2.31. The molecule has 2 heterocycles. The van der Waals surface area contributed by atoms with Crippen LogP contribution in [0.1, 0.15) is 42.7 Å². The molecule has 1 saturated carbocycles. The summed E-state index contributed by atoms with van der Waals surface area (Å²) in [6.07, 6.45) is 4.68. The zero-order valence-electron chi connectivity index (χ0n) is 18.4. The number of benzene rings is 2. The van der Waals surface area contributed by atoms with Crippen LogP contribution < -0.4 is 5.32 Å². The summed E-state index contributed by atoms with van der Waals surface area (Å²) in [6.45, 7) is 3.65. The zero-order chi connectivity index (χ0) is 21.4. The highest BCUT2D eigenvalue weighted by atomic mass is 19.1. The van der Waals surface area contributed by atoms with Crippen LogP contribution in [0.5, 0.6) is 0 Å². The molecule has 2 aromatic carbocycles. The molecule has 1 N–H and O–H groups in total. The Morgan fingerprint density at radius 1 is 1.13 bits per heavy atom. The normalized spacial score (nSPS) is 21.1. The summed E-state index contributed by atoms with van der Waals surface area (Å²) < 4.78 is 19.2. The van der Waals surface area contributed by atoms with E-state index in [1.165, 1.54) is 30.5 Å². The number of anilines is 2. The van der Waals surface area contributed by atoms with Gasteiger partial charge < -0.3 is 15.0 Å². The van der Waals surface area contributed by atoms with Crippen LogP contribution in [-0.4, -0.2) is 62.1 Å². The molecule has 31 heavy (non-hydrogen) atoms. The highest BCUT2D eigenvalue weighted by Crippen LogP contribution is 2.43. The minimum Gasteiger partial charge on any atom is -0.385 e. The molecule has 6 heteroatoms. The Kier molecular flexibility index (Phi) is 5.67. The van der Waals surface area contributed by atoms with Crippen LogP contribution in [0.25, 0.3) is 0 Å². The predicted molar refractivity (Wildman–Crippen MR) is 123 cm³/mol. The first-order valence-electron chi connectivity index (χ1n) is 11.4. The van der Waals surface area contributed by atoms with E-state index >= 15 is 0 Å². The number of halogens is 1. The van der Waals surface area contributed by atoms with Crippen molar-refractivity contribution in [2.75, 3.05) is 45.7 Å². The first-order chi connectivity index (χ1) is 15.1. The smallest absolute Gasteiger partial charge is 0.138 e. The van der Waals surface area contributed by atoms with E-state index in [0.717, 1.165) is 67.5 Å². The van der Waals surface area contributed by atoms with Gasteiger partial charge in [-0.1, -0.05) is 6.07 Å². The lowest BCUT2D eigenvalue weighted by Crippen LogP contribution is -2.53. The van der Waals surface area contributed by atoms with E-state index in [1.807, 2.05) is 0 Å². The van der Waals surface area contributed by atoms with E-state index in [-0.39, 0.29) is 5.82 Å². The molecule has 5 rings (SSSR count). The van der Waals surface area contributed by atoms with Gasteiger partial charge in [0.25, 0.3) is 0 Å². The van der Waals surface area contributed by atoms with Gasteiger partial charge in [-0.3, -0.25) is 4.90 Å². The Bertz CT molecular complexity index is 987. The van der Waals surface area contributed by atoms with E-state index in [4.69, 9.17) is 9.73 Å². The van der Waals surface area contributed by atoms with Crippen molar-refractivity contribution in [2.24, 2.45) is 4.99 Å². The maximum Gasteiger partial charge on any atom is 0.138 e. The van der Waals surface area contributed by atoms with Crippen LogP contribution in [0.4, 0.5) is 21.5 Å². The number of piperazine rings is 1. The zero-order valence-corrected chi connectivity index (χ0v) is 18.4. The maximum absolute atomic E-state index is 14.0. The third-order valence-electron chi connectivity index (χ3n) is 6.75. The number of nitrogens with zero attached hydrogens (tertiary/aromatic N) is 3. The molecule has 3 aliphatic rings. The summed E-state index contributed by atoms with van der Waals surface area (Å²) >= 11 is 0. The topological polar surface area (TPSA) is 40.1 Å². The minimum absolute atomic E-state index is 0.251. The average Bonchev–Trinajstić information content (AvgIpc) is 3.61. The van der Waals surface area contributed by atoms with Crippen LogP contribution in [0.15, 0.2) is 41.4 Å². The number of nitrogens with one attached hydrogen (secondary N) is 1. The molecule has 0 spiro atoms. The second kappa shape index (κ2) is 8.60. The number of hydrogen-bond acceptors (Lipinski definition) is 5.